The molecule has 1 aromatic carbocycles. The van der Waals surface area contributed by atoms with Crippen LogP contribution >= 0.6 is 68.4 Å². The molecule has 8 aromatic rings. The molecule has 35 nitrogen and oxygen atoms in total. The number of aromatic nitrogens is 7. The van der Waals surface area contributed by atoms with Gasteiger partial charge in [-0.2, -0.15) is 13.1 Å². The summed E-state index contributed by atoms with van der Waals surface area (Å²) >= 11 is 4.91. The van der Waals surface area contributed by atoms with Crippen LogP contribution in [0, 0.1) is 0 Å². The SMILES string of the molecule is CO/C(C)=C1/NC(=O)C([C@@H](C)O)NC(=O)c2csc(n2)-c2cc(O)c(-c3nc(C(=O)NC(SCCS(=O)(=O)O)C(N)=O)cs3)nc2-c2csc(n2)[C@@H]2COC(=O)c3c4c5c(cccc5n3O)COC(=O)[C@@H](O[C@H]3C[C@](C)(O)[C@H](N(C)C)[C@H](C)O3)[C@@H](OC4)[C@H](NC(=O)c3csc1n3)c1nc(cs1)C(=O)N2. The Hall–Kier alpha value is -9.02. The Kier molecular flexibility index (Phi) is 21.7. The number of likely N-dealkylation sites (N-methyl/N-ethyl adjacent to an activating group) is 1. The van der Waals surface area contributed by atoms with E-state index in [2.05, 4.69) is 41.5 Å². The van der Waals surface area contributed by atoms with Gasteiger partial charge < -0.3 is 86.2 Å². The maximum atomic E-state index is 15.2. The topological polar surface area (TPSA) is 499 Å². The molecule has 12 rings (SSSR count). The number of primary amides is 1. The Morgan fingerprint density at radius 1 is 0.875 bits per heavy atom. The van der Waals surface area contributed by atoms with Gasteiger partial charge in [0.05, 0.1) is 48.8 Å². The van der Waals surface area contributed by atoms with Gasteiger partial charge in [-0.1, -0.05) is 12.1 Å². The zero-order valence-electron chi connectivity index (χ0n) is 55.5. The number of aliphatic hydroxyl groups excluding tert-OH is 1. The van der Waals surface area contributed by atoms with Crippen LogP contribution in [0.5, 0.6) is 5.75 Å². The summed E-state index contributed by atoms with van der Waals surface area (Å²) in [7, 11) is 0.361. The molecule has 1 fully saturated rings. The van der Waals surface area contributed by atoms with E-state index in [1.807, 2.05) is 0 Å². The molecule has 4 aliphatic rings. The van der Waals surface area contributed by atoms with E-state index in [-0.39, 0.29) is 116 Å². The Morgan fingerprint density at radius 3 is 2.24 bits per heavy atom. The molecule has 1 saturated heterocycles. The number of carbonyl (C=O) groups is 8. The number of cyclic esters (lactones) is 2. The van der Waals surface area contributed by atoms with E-state index in [1.165, 1.54) is 60.0 Å². The number of esters is 2. The van der Waals surface area contributed by atoms with Crippen molar-refractivity contribution in [3.63, 3.8) is 0 Å². The summed E-state index contributed by atoms with van der Waals surface area (Å²) in [6, 6.07) is 0.433. The van der Waals surface area contributed by atoms with E-state index in [9.17, 15) is 52.7 Å². The van der Waals surface area contributed by atoms with Crippen LogP contribution in [0.1, 0.15) is 125 Å². The summed E-state index contributed by atoms with van der Waals surface area (Å²) in [4.78, 5) is 145. The summed E-state index contributed by atoms with van der Waals surface area (Å²) < 4.78 is 70.2. The number of aliphatic hydroxyl groups is 2. The fourth-order valence-electron chi connectivity index (χ4n) is 12.1. The van der Waals surface area contributed by atoms with Crippen molar-refractivity contribution in [2.75, 3.05) is 39.3 Å². The van der Waals surface area contributed by atoms with Gasteiger partial charge in [-0.05, 0) is 59.5 Å². The van der Waals surface area contributed by atoms with Crippen LogP contribution in [-0.2, 0) is 66.1 Å². The van der Waals surface area contributed by atoms with Gasteiger partial charge in [-0.25, -0.2) is 39.5 Å². The first-order valence-corrected chi connectivity index (χ1v) is 38.3. The third-order valence-electron chi connectivity index (χ3n) is 16.9. The van der Waals surface area contributed by atoms with Crippen molar-refractivity contribution >= 4 is 143 Å². The van der Waals surface area contributed by atoms with Gasteiger partial charge in [0.1, 0.15) is 120 Å². The van der Waals surface area contributed by atoms with E-state index < -0.39 is 160 Å². The van der Waals surface area contributed by atoms with Gasteiger partial charge in [0.2, 0.25) is 5.91 Å². The van der Waals surface area contributed by atoms with Gasteiger partial charge in [0.25, 0.3) is 39.7 Å². The van der Waals surface area contributed by atoms with E-state index in [0.29, 0.717) is 16.5 Å². The van der Waals surface area contributed by atoms with Crippen molar-refractivity contribution in [3.8, 4) is 38.4 Å². The molecule has 11 heterocycles. The molecule has 6 amide bonds. The molecule has 0 radical (unpaired) electrons. The molecule has 0 spiro atoms. The Labute approximate surface area is 613 Å². The lowest BCUT2D eigenvalue weighted by atomic mass is 9.85. The van der Waals surface area contributed by atoms with E-state index in [1.54, 1.807) is 45.0 Å². The highest BCUT2D eigenvalue weighted by Crippen LogP contribution is 2.43. The smallest absolute Gasteiger partial charge is 0.358 e. The standard InChI is InChI=1S/C62H64N14O21S7/c1-23(77)39-53(84)72-40(24(2)92-7)56-67-33(21-101-56)51(82)73-43-45-46(97-37-14-62(4,87)47(75(5)6)25(3)96-37)61(86)94-15-26-9-8-10-35-38(26)28(16-93-45)44(76(35)88)60(85)95-17-29(64-49(80)31-20-103-58(43)69-31)55-65-30(18-100-55)41-27(54-66-32(19-99-54)50(81)71-39)13-36(78)42(70-41)57-68-34(22-102-57)52(83)74-59(48(63)79)98-11-12-104(89,90)91/h8-10,13,18-23,25,29,37,39,43,45-47,59,77-78,87-88H,11-12,14-17H2,1-7H3,(H2,63,79)(H,64,80)(H,71,81)(H,72,84)(H,73,82)(H,74,83)(H,89,90,91)/b40-24+/t23-,25+,29+,37+,39?,43+,45+,46+,47-,59?,62+/m1/s1. The number of carbonyl (C=O) groups excluding carboxylic acids is 8. The fourth-order valence-corrected chi connectivity index (χ4v) is 18.1. The number of allylic oxidation sites excluding steroid dienone is 1. The monoisotopic (exact) mass is 1560 g/mol. The molecule has 7 aromatic heterocycles. The molecular weight excluding hydrogens is 1500 g/mol. The number of hydrogen-bond donors (Lipinski definition) is 11. The average Bonchev–Trinajstić information content (AvgIpc) is 1.57. The summed E-state index contributed by atoms with van der Waals surface area (Å²) in [5.74, 6) is -9.76. The van der Waals surface area contributed by atoms with Gasteiger partial charge in [-0.15, -0.1) is 68.4 Å². The first-order valence-electron chi connectivity index (χ1n) is 31.2. The van der Waals surface area contributed by atoms with Crippen LogP contribution in [0.25, 0.3) is 49.3 Å². The number of fused-ring (bicyclic) bond motifs is 15. The molecule has 42 heteroatoms. The van der Waals surface area contributed by atoms with Crippen molar-refractivity contribution in [3.05, 3.63) is 112 Å². The minimum Gasteiger partial charge on any atom is -0.506 e. The first-order chi connectivity index (χ1) is 49.4. The van der Waals surface area contributed by atoms with Crippen LogP contribution in [-0.4, -0.2) is 213 Å². The van der Waals surface area contributed by atoms with Crippen LogP contribution in [0.2, 0.25) is 0 Å². The summed E-state index contributed by atoms with van der Waals surface area (Å²) in [6.45, 7) is 4.10. The molecule has 0 saturated carbocycles. The van der Waals surface area contributed by atoms with Crippen molar-refractivity contribution < 1.29 is 100 Å². The van der Waals surface area contributed by atoms with Crippen LogP contribution in [0.4, 0.5) is 0 Å². The molecule has 12 bridgehead atoms. The fraction of sp³-hybridized carbons (Fsp3) is 0.387. The van der Waals surface area contributed by atoms with Crippen LogP contribution in [0.15, 0.2) is 56.9 Å². The number of thioether (sulfide) groups is 1. The van der Waals surface area contributed by atoms with Crippen molar-refractivity contribution in [2.24, 2.45) is 5.73 Å². The largest absolute Gasteiger partial charge is 0.506 e. The lowest BCUT2D eigenvalue weighted by molar-refractivity contribution is -0.280. The zero-order valence-corrected chi connectivity index (χ0v) is 61.2. The van der Waals surface area contributed by atoms with Gasteiger partial charge >= 0.3 is 11.9 Å². The number of pyridine rings is 1. The predicted molar refractivity (Wildman–Crippen MR) is 374 cm³/mol. The number of ether oxygens (including phenoxy) is 6. The number of nitrogens with zero attached hydrogens (tertiary/aromatic N) is 8. The number of aromatic hydroxyl groups is 1. The van der Waals surface area contributed by atoms with Gasteiger partial charge in [0.15, 0.2) is 23.5 Å². The number of methoxy groups -OCH3 is 1. The minimum absolute atomic E-state index is 0.00651. The lowest BCUT2D eigenvalue weighted by Gasteiger charge is -2.48. The first kappa shape index (κ1) is 74.7. The number of thiazole rings is 5. The molecule has 550 valence electrons. The summed E-state index contributed by atoms with van der Waals surface area (Å²) in [6.07, 6.45) is -7.68. The second kappa shape index (κ2) is 30.2. The van der Waals surface area contributed by atoms with E-state index >= 15 is 19.2 Å². The highest BCUT2D eigenvalue weighted by Gasteiger charge is 2.50. The molecule has 12 N–H and O–H groups in total. The van der Waals surface area contributed by atoms with E-state index in [4.69, 9.17) is 49.1 Å². The third-order valence-corrected chi connectivity index (χ3v) is 23.5. The number of benzene rings is 1. The van der Waals surface area contributed by atoms with Gasteiger partial charge in [-0.3, -0.25) is 33.3 Å². The highest BCUT2D eigenvalue weighted by atomic mass is 32.2. The minimum atomic E-state index is -4.44. The number of rotatable bonds is 13. The average molecular weight is 1570 g/mol. The molecular formula is C62H64N14O21S7. The third kappa shape index (κ3) is 15.5. The number of hydrogen-bond acceptors (Lipinski definition) is 33. The number of amides is 6. The predicted octanol–water partition coefficient (Wildman–Crippen LogP) is 3.32. The Morgan fingerprint density at radius 2 is 1.54 bits per heavy atom. The van der Waals surface area contributed by atoms with Gasteiger partial charge in [0, 0.05) is 55.6 Å². The quantitative estimate of drug-likeness (QED) is 0.0259. The molecule has 2 unspecified atom stereocenters. The Bertz CT molecular complexity index is 4890. The second-order valence-corrected chi connectivity index (χ2v) is 31.6. The van der Waals surface area contributed by atoms with E-state index in [0.717, 1.165) is 56.7 Å². The number of nitrogens with two attached hydrogens (primary N) is 1. The van der Waals surface area contributed by atoms with Crippen LogP contribution in [0.3, 0.4) is 0 Å². The molecule has 0 aliphatic carbocycles. The van der Waals surface area contributed by atoms with Crippen molar-refractivity contribution in [1.82, 2.24) is 66.1 Å². The zero-order chi connectivity index (χ0) is 74.5. The molecule has 11 atom stereocenters. The normalized spacial score (nSPS) is 23.8. The maximum absolute atomic E-state index is 15.2. The Balaban J connectivity index is 1.02. The van der Waals surface area contributed by atoms with Crippen LogP contribution < -0.4 is 32.3 Å². The lowest BCUT2D eigenvalue weighted by Crippen LogP contribution is -2.62. The number of nitrogens with one attached hydrogen (secondary N) is 5. The molecule has 4 aliphatic heterocycles. The van der Waals surface area contributed by atoms with Crippen molar-refractivity contribution in [2.45, 2.75) is 113 Å². The molecule has 104 heavy (non-hydrogen) atoms. The second-order valence-electron chi connectivity index (χ2n) is 24.4. The summed E-state index contributed by atoms with van der Waals surface area (Å²) in [5.41, 5.74) is 2.12. The highest BCUT2D eigenvalue weighted by molar-refractivity contribution is 8.01. The van der Waals surface area contributed by atoms with Crippen molar-refractivity contribution in [1.29, 1.82) is 0 Å². The summed E-state index contributed by atoms with van der Waals surface area (Å²) in [5, 5.41) is 65.7. The maximum Gasteiger partial charge on any atom is 0.358 e.